The van der Waals surface area contributed by atoms with E-state index >= 15 is 0 Å². The first-order chi connectivity index (χ1) is 10.1. The van der Waals surface area contributed by atoms with Crippen molar-refractivity contribution in [3.63, 3.8) is 0 Å². The Morgan fingerprint density at radius 1 is 1.29 bits per heavy atom. The number of aromatic nitrogens is 2. The van der Waals surface area contributed by atoms with Gasteiger partial charge in [0, 0.05) is 23.4 Å². The predicted molar refractivity (Wildman–Crippen MR) is 80.5 cm³/mol. The number of amides is 1. The highest BCUT2D eigenvalue weighted by Gasteiger charge is 2.04. The Hall–Kier alpha value is -2.76. The highest BCUT2D eigenvalue weighted by Crippen LogP contribution is 2.25. The molecule has 0 fully saturated rings. The van der Waals surface area contributed by atoms with E-state index in [1.807, 2.05) is 6.92 Å². The Balaban J connectivity index is 2.10. The number of aromatic amines is 1. The van der Waals surface area contributed by atoms with Crippen LogP contribution in [0.4, 0.5) is 5.82 Å². The van der Waals surface area contributed by atoms with Gasteiger partial charge < -0.3 is 14.8 Å². The van der Waals surface area contributed by atoms with Crippen molar-refractivity contribution in [2.45, 2.75) is 6.92 Å². The second-order valence-electron chi connectivity index (χ2n) is 4.37. The minimum atomic E-state index is -0.272. The molecule has 0 aliphatic rings. The number of nitrogens with zero attached hydrogens (tertiary/aromatic N) is 1. The molecular weight excluding hydrogens is 270 g/mol. The number of carbonyl (C=O) groups excluding carboxylic acids is 1. The number of benzene rings is 1. The van der Waals surface area contributed by atoms with Gasteiger partial charge in [-0.3, -0.25) is 9.89 Å². The van der Waals surface area contributed by atoms with E-state index < -0.39 is 0 Å². The van der Waals surface area contributed by atoms with E-state index in [0.717, 1.165) is 11.3 Å². The second-order valence-corrected chi connectivity index (χ2v) is 4.37. The highest BCUT2D eigenvalue weighted by atomic mass is 16.5. The van der Waals surface area contributed by atoms with Crippen LogP contribution in [0.15, 0.2) is 30.3 Å². The maximum atomic E-state index is 11.8. The Labute approximate surface area is 122 Å². The molecule has 2 rings (SSSR count). The lowest BCUT2D eigenvalue weighted by molar-refractivity contribution is -0.111. The average Bonchev–Trinajstić information content (AvgIpc) is 2.89. The van der Waals surface area contributed by atoms with E-state index in [0.29, 0.717) is 17.3 Å². The number of aryl methyl sites for hydroxylation is 1. The van der Waals surface area contributed by atoms with E-state index in [4.69, 9.17) is 9.47 Å². The molecule has 0 bridgehead atoms. The van der Waals surface area contributed by atoms with Crippen LogP contribution in [-0.4, -0.2) is 30.3 Å². The molecular formula is C15H17N3O3. The molecule has 1 amide bonds. The van der Waals surface area contributed by atoms with Crippen molar-refractivity contribution in [1.29, 1.82) is 0 Å². The summed E-state index contributed by atoms with van der Waals surface area (Å²) in [6.07, 6.45) is 3.08. The molecule has 6 nitrogen and oxygen atoms in total. The first kappa shape index (κ1) is 14.6. The van der Waals surface area contributed by atoms with Crippen LogP contribution in [0, 0.1) is 6.92 Å². The summed E-state index contributed by atoms with van der Waals surface area (Å²) >= 11 is 0. The number of hydrogen-bond donors (Lipinski definition) is 2. The van der Waals surface area contributed by atoms with Crippen molar-refractivity contribution in [2.24, 2.45) is 0 Å². The zero-order chi connectivity index (χ0) is 15.2. The summed E-state index contributed by atoms with van der Waals surface area (Å²) < 4.78 is 10.4. The number of methoxy groups -OCH3 is 2. The zero-order valence-corrected chi connectivity index (χ0v) is 12.1. The second kappa shape index (κ2) is 6.60. The summed E-state index contributed by atoms with van der Waals surface area (Å²) in [5.41, 5.74) is 1.63. The Bertz CT molecular complexity index is 662. The van der Waals surface area contributed by atoms with Crippen LogP contribution < -0.4 is 14.8 Å². The Morgan fingerprint density at radius 2 is 2.10 bits per heavy atom. The number of H-pyrrole nitrogens is 1. The summed E-state index contributed by atoms with van der Waals surface area (Å²) in [7, 11) is 3.16. The maximum absolute atomic E-state index is 11.8. The van der Waals surface area contributed by atoms with Gasteiger partial charge in [-0.1, -0.05) is 0 Å². The summed E-state index contributed by atoms with van der Waals surface area (Å²) in [5.74, 6) is 1.57. The molecule has 2 N–H and O–H groups in total. The van der Waals surface area contributed by atoms with Gasteiger partial charge in [-0.25, -0.2) is 0 Å². The third-order valence-corrected chi connectivity index (χ3v) is 2.81. The minimum absolute atomic E-state index is 0.272. The molecule has 21 heavy (non-hydrogen) atoms. The fourth-order valence-corrected chi connectivity index (χ4v) is 1.79. The van der Waals surface area contributed by atoms with Gasteiger partial charge in [-0.05, 0) is 31.2 Å². The quantitative estimate of drug-likeness (QED) is 0.828. The monoisotopic (exact) mass is 287 g/mol. The molecule has 6 heteroatoms. The number of hydrogen-bond acceptors (Lipinski definition) is 4. The standard InChI is InChI=1S/C15H17N3O3/c1-10-8-14(18-17-10)16-15(19)7-4-11-9-12(20-2)5-6-13(11)21-3/h4-9H,1-3H3,(H2,16,17,18,19)/b7-4+. The largest absolute Gasteiger partial charge is 0.497 e. The Morgan fingerprint density at radius 3 is 2.71 bits per heavy atom. The van der Waals surface area contributed by atoms with Crippen LogP contribution >= 0.6 is 0 Å². The lowest BCUT2D eigenvalue weighted by Gasteiger charge is -2.07. The van der Waals surface area contributed by atoms with Gasteiger partial charge in [-0.2, -0.15) is 5.10 Å². The molecule has 110 valence electrons. The number of ether oxygens (including phenoxy) is 2. The molecule has 1 aromatic carbocycles. The van der Waals surface area contributed by atoms with Crippen LogP contribution in [0.1, 0.15) is 11.3 Å². The molecule has 0 saturated heterocycles. The highest BCUT2D eigenvalue weighted by molar-refractivity contribution is 6.01. The Kier molecular flexibility index (Phi) is 4.61. The smallest absolute Gasteiger partial charge is 0.249 e. The molecule has 1 heterocycles. The number of carbonyl (C=O) groups is 1. The molecule has 2 aromatic rings. The lowest BCUT2D eigenvalue weighted by Crippen LogP contribution is -2.07. The first-order valence-corrected chi connectivity index (χ1v) is 6.35. The molecule has 0 aliphatic carbocycles. The molecule has 0 atom stereocenters. The average molecular weight is 287 g/mol. The van der Waals surface area contributed by atoms with Gasteiger partial charge in [0.25, 0.3) is 0 Å². The zero-order valence-electron chi connectivity index (χ0n) is 12.1. The number of rotatable bonds is 5. The normalized spacial score (nSPS) is 10.6. The van der Waals surface area contributed by atoms with Crippen molar-refractivity contribution in [1.82, 2.24) is 10.2 Å². The van der Waals surface area contributed by atoms with Gasteiger partial charge >= 0.3 is 0 Å². The van der Waals surface area contributed by atoms with E-state index in [2.05, 4.69) is 15.5 Å². The summed E-state index contributed by atoms with van der Waals surface area (Å²) in [6.45, 7) is 1.86. The van der Waals surface area contributed by atoms with E-state index in [-0.39, 0.29) is 5.91 Å². The first-order valence-electron chi connectivity index (χ1n) is 6.35. The van der Waals surface area contributed by atoms with Gasteiger partial charge in [-0.15, -0.1) is 0 Å². The van der Waals surface area contributed by atoms with Gasteiger partial charge in [0.2, 0.25) is 5.91 Å². The van der Waals surface area contributed by atoms with Crippen LogP contribution in [0.5, 0.6) is 11.5 Å². The van der Waals surface area contributed by atoms with Crippen molar-refractivity contribution < 1.29 is 14.3 Å². The van der Waals surface area contributed by atoms with Gasteiger partial charge in [0.05, 0.1) is 14.2 Å². The fraction of sp³-hybridized carbons (Fsp3) is 0.200. The molecule has 0 radical (unpaired) electrons. The lowest BCUT2D eigenvalue weighted by atomic mass is 10.1. The van der Waals surface area contributed by atoms with E-state index in [1.54, 1.807) is 44.6 Å². The molecule has 0 unspecified atom stereocenters. The molecule has 0 spiro atoms. The van der Waals surface area contributed by atoms with Crippen molar-refractivity contribution in [2.75, 3.05) is 19.5 Å². The summed E-state index contributed by atoms with van der Waals surface area (Å²) in [6, 6.07) is 7.12. The van der Waals surface area contributed by atoms with Crippen molar-refractivity contribution in [3.05, 3.63) is 41.6 Å². The van der Waals surface area contributed by atoms with Crippen LogP contribution in [0.2, 0.25) is 0 Å². The third kappa shape index (κ3) is 3.85. The molecule has 0 aliphatic heterocycles. The van der Waals surface area contributed by atoms with Crippen molar-refractivity contribution >= 4 is 17.8 Å². The van der Waals surface area contributed by atoms with Gasteiger partial charge in [0.1, 0.15) is 11.5 Å². The fourth-order valence-electron chi connectivity index (χ4n) is 1.79. The SMILES string of the molecule is COc1ccc(OC)c(/C=C/C(=O)Nc2cc(C)[nH]n2)c1. The van der Waals surface area contributed by atoms with E-state index in [1.165, 1.54) is 6.08 Å². The topological polar surface area (TPSA) is 76.2 Å². The number of anilines is 1. The maximum Gasteiger partial charge on any atom is 0.249 e. The van der Waals surface area contributed by atoms with Crippen molar-refractivity contribution in [3.8, 4) is 11.5 Å². The molecule has 1 aromatic heterocycles. The summed E-state index contributed by atoms with van der Waals surface area (Å²) in [5, 5.41) is 9.35. The number of nitrogens with one attached hydrogen (secondary N) is 2. The van der Waals surface area contributed by atoms with Crippen LogP contribution in [0.25, 0.3) is 6.08 Å². The van der Waals surface area contributed by atoms with Crippen LogP contribution in [0.3, 0.4) is 0 Å². The predicted octanol–water partition coefficient (Wildman–Crippen LogP) is 2.39. The third-order valence-electron chi connectivity index (χ3n) is 2.81. The minimum Gasteiger partial charge on any atom is -0.497 e. The van der Waals surface area contributed by atoms with Gasteiger partial charge in [0.15, 0.2) is 5.82 Å². The molecule has 0 saturated carbocycles. The van der Waals surface area contributed by atoms with Crippen LogP contribution in [-0.2, 0) is 4.79 Å². The summed E-state index contributed by atoms with van der Waals surface area (Å²) in [4.78, 5) is 11.8. The van der Waals surface area contributed by atoms with E-state index in [9.17, 15) is 4.79 Å².